The van der Waals surface area contributed by atoms with E-state index in [2.05, 4.69) is 39.8 Å². The van der Waals surface area contributed by atoms with Gasteiger partial charge in [-0.15, -0.1) is 0 Å². The van der Waals surface area contributed by atoms with Crippen molar-refractivity contribution in [2.75, 3.05) is 0 Å². The van der Waals surface area contributed by atoms with E-state index in [0.717, 1.165) is 25.7 Å². The Balaban J connectivity index is 2.72. The minimum atomic E-state index is -0.296. The second-order valence-corrected chi connectivity index (χ2v) is 5.56. The molecule has 86 valence electrons. The van der Waals surface area contributed by atoms with Crippen molar-refractivity contribution >= 4 is 0 Å². The molecule has 0 aromatic rings. The van der Waals surface area contributed by atoms with Crippen molar-refractivity contribution in [1.29, 1.82) is 0 Å². The zero-order valence-corrected chi connectivity index (χ0v) is 10.5. The van der Waals surface area contributed by atoms with E-state index in [9.17, 15) is 5.11 Å². The molecule has 1 heteroatoms. The average Bonchev–Trinajstić information content (AvgIpc) is 2.43. The lowest BCUT2D eigenvalue weighted by Crippen LogP contribution is -2.09. The molecule has 1 aliphatic rings. The van der Waals surface area contributed by atoms with Crippen molar-refractivity contribution in [2.45, 2.75) is 59.5 Å². The summed E-state index contributed by atoms with van der Waals surface area (Å²) in [4.78, 5) is 0. The molecule has 0 aliphatic heterocycles. The summed E-state index contributed by atoms with van der Waals surface area (Å²) < 4.78 is 0. The van der Waals surface area contributed by atoms with Gasteiger partial charge < -0.3 is 5.11 Å². The Morgan fingerprint density at radius 3 is 2.40 bits per heavy atom. The van der Waals surface area contributed by atoms with E-state index in [-0.39, 0.29) is 11.5 Å². The highest BCUT2D eigenvalue weighted by molar-refractivity contribution is 5.31. The lowest BCUT2D eigenvalue weighted by atomic mass is 9.92. The summed E-state index contributed by atoms with van der Waals surface area (Å²) in [6, 6.07) is 0. The Labute approximate surface area is 93.9 Å². The monoisotopic (exact) mass is 208 g/mol. The third-order valence-electron chi connectivity index (χ3n) is 2.72. The Hall–Kier alpha value is -0.560. The maximum absolute atomic E-state index is 10.1. The minimum Gasteiger partial charge on any atom is -0.384 e. The Morgan fingerprint density at radius 2 is 1.87 bits per heavy atom. The molecule has 1 nitrogen and oxygen atoms in total. The van der Waals surface area contributed by atoms with Gasteiger partial charge in [-0.1, -0.05) is 46.3 Å². The SMILES string of the molecule is CCCC=C1CCC(=CC(C)(C)C)C1O. The summed E-state index contributed by atoms with van der Waals surface area (Å²) in [6.07, 6.45) is 8.48. The summed E-state index contributed by atoms with van der Waals surface area (Å²) in [5.41, 5.74) is 2.62. The van der Waals surface area contributed by atoms with Crippen LogP contribution in [0.5, 0.6) is 0 Å². The standard InChI is InChI=1S/C14H24O/c1-5-6-7-11-8-9-12(13(11)15)10-14(2,3)4/h7,10,13,15H,5-6,8-9H2,1-4H3. The van der Waals surface area contributed by atoms with Crippen LogP contribution >= 0.6 is 0 Å². The first-order valence-corrected chi connectivity index (χ1v) is 6.02. The number of hydrogen-bond donors (Lipinski definition) is 1. The van der Waals surface area contributed by atoms with Crippen LogP contribution in [0.1, 0.15) is 53.4 Å². The summed E-state index contributed by atoms with van der Waals surface area (Å²) in [5, 5.41) is 10.1. The predicted octanol–water partition coefficient (Wildman–Crippen LogP) is 3.84. The number of hydrogen-bond acceptors (Lipinski definition) is 1. The summed E-state index contributed by atoms with van der Waals surface area (Å²) in [5.74, 6) is 0. The van der Waals surface area contributed by atoms with E-state index in [4.69, 9.17) is 0 Å². The van der Waals surface area contributed by atoms with Crippen LogP contribution in [0.3, 0.4) is 0 Å². The van der Waals surface area contributed by atoms with Crippen LogP contribution < -0.4 is 0 Å². The molecule has 1 saturated carbocycles. The van der Waals surface area contributed by atoms with Crippen LogP contribution in [0, 0.1) is 5.41 Å². The van der Waals surface area contributed by atoms with Crippen LogP contribution in [0.4, 0.5) is 0 Å². The summed E-state index contributed by atoms with van der Waals surface area (Å²) in [6.45, 7) is 8.71. The van der Waals surface area contributed by atoms with Crippen molar-refractivity contribution in [1.82, 2.24) is 0 Å². The van der Waals surface area contributed by atoms with Gasteiger partial charge in [0.15, 0.2) is 0 Å². The van der Waals surface area contributed by atoms with Gasteiger partial charge in [-0.05, 0) is 35.8 Å². The van der Waals surface area contributed by atoms with Crippen LogP contribution in [0.25, 0.3) is 0 Å². The second-order valence-electron chi connectivity index (χ2n) is 5.56. The molecular formula is C14H24O. The second kappa shape index (κ2) is 4.98. The van der Waals surface area contributed by atoms with E-state index in [1.54, 1.807) is 0 Å². The Morgan fingerprint density at radius 1 is 1.27 bits per heavy atom. The molecule has 1 aliphatic carbocycles. The highest BCUT2D eigenvalue weighted by atomic mass is 16.3. The van der Waals surface area contributed by atoms with Crippen LogP contribution in [0.2, 0.25) is 0 Å². The van der Waals surface area contributed by atoms with Gasteiger partial charge in [0.2, 0.25) is 0 Å². The highest BCUT2D eigenvalue weighted by Gasteiger charge is 2.24. The van der Waals surface area contributed by atoms with Gasteiger partial charge in [0.05, 0.1) is 6.10 Å². The molecule has 0 aromatic carbocycles. The molecule has 0 spiro atoms. The molecule has 0 saturated heterocycles. The molecule has 15 heavy (non-hydrogen) atoms. The molecule has 0 heterocycles. The molecule has 0 bridgehead atoms. The summed E-state index contributed by atoms with van der Waals surface area (Å²) in [7, 11) is 0. The van der Waals surface area contributed by atoms with Gasteiger partial charge in [-0.2, -0.15) is 0 Å². The van der Waals surface area contributed by atoms with Gasteiger partial charge in [-0.3, -0.25) is 0 Å². The third-order valence-corrected chi connectivity index (χ3v) is 2.72. The largest absolute Gasteiger partial charge is 0.384 e. The van der Waals surface area contributed by atoms with Crippen LogP contribution in [-0.4, -0.2) is 11.2 Å². The van der Waals surface area contributed by atoms with Crippen LogP contribution in [0.15, 0.2) is 23.3 Å². The third kappa shape index (κ3) is 3.83. The quantitative estimate of drug-likeness (QED) is 0.684. The number of aliphatic hydroxyl groups excluding tert-OH is 1. The lowest BCUT2D eigenvalue weighted by Gasteiger charge is -2.15. The van der Waals surface area contributed by atoms with Gasteiger partial charge in [0.25, 0.3) is 0 Å². The zero-order valence-electron chi connectivity index (χ0n) is 10.5. The number of allylic oxidation sites excluding steroid dienone is 2. The van der Waals surface area contributed by atoms with Gasteiger partial charge in [0.1, 0.15) is 0 Å². The fraction of sp³-hybridized carbons (Fsp3) is 0.714. The van der Waals surface area contributed by atoms with E-state index in [0.29, 0.717) is 0 Å². The fourth-order valence-corrected chi connectivity index (χ4v) is 2.05. The predicted molar refractivity (Wildman–Crippen MR) is 65.8 cm³/mol. The van der Waals surface area contributed by atoms with E-state index < -0.39 is 0 Å². The van der Waals surface area contributed by atoms with Gasteiger partial charge >= 0.3 is 0 Å². The van der Waals surface area contributed by atoms with Crippen LogP contribution in [-0.2, 0) is 0 Å². The topological polar surface area (TPSA) is 20.2 Å². The van der Waals surface area contributed by atoms with Crippen molar-refractivity contribution in [3.05, 3.63) is 23.3 Å². The first-order chi connectivity index (χ1) is 6.94. The molecule has 0 radical (unpaired) electrons. The molecule has 1 N–H and O–H groups in total. The van der Waals surface area contributed by atoms with E-state index in [1.807, 2.05) is 0 Å². The molecule has 1 fully saturated rings. The molecule has 1 unspecified atom stereocenters. The first-order valence-electron chi connectivity index (χ1n) is 6.02. The number of rotatable bonds is 2. The maximum Gasteiger partial charge on any atom is 0.0961 e. The summed E-state index contributed by atoms with van der Waals surface area (Å²) >= 11 is 0. The molecule has 1 atom stereocenters. The maximum atomic E-state index is 10.1. The van der Waals surface area contributed by atoms with E-state index in [1.165, 1.54) is 11.1 Å². The Bertz CT molecular complexity index is 266. The smallest absolute Gasteiger partial charge is 0.0961 e. The highest BCUT2D eigenvalue weighted by Crippen LogP contribution is 2.33. The van der Waals surface area contributed by atoms with E-state index >= 15 is 0 Å². The molecular weight excluding hydrogens is 184 g/mol. The fourth-order valence-electron chi connectivity index (χ4n) is 2.05. The lowest BCUT2D eigenvalue weighted by molar-refractivity contribution is 0.252. The molecule has 1 rings (SSSR count). The van der Waals surface area contributed by atoms with Crippen molar-refractivity contribution in [3.8, 4) is 0 Å². The van der Waals surface area contributed by atoms with Gasteiger partial charge in [0, 0.05) is 0 Å². The first kappa shape index (κ1) is 12.5. The van der Waals surface area contributed by atoms with Crippen molar-refractivity contribution in [2.24, 2.45) is 5.41 Å². The zero-order chi connectivity index (χ0) is 11.5. The molecule has 0 aromatic heterocycles. The van der Waals surface area contributed by atoms with Gasteiger partial charge in [-0.25, -0.2) is 0 Å². The Kier molecular flexibility index (Phi) is 4.15. The number of aliphatic hydroxyl groups is 1. The average molecular weight is 208 g/mol. The number of unbranched alkanes of at least 4 members (excludes halogenated alkanes) is 1. The normalized spacial score (nSPS) is 27.9. The van der Waals surface area contributed by atoms with Crippen molar-refractivity contribution < 1.29 is 5.11 Å². The van der Waals surface area contributed by atoms with Crippen molar-refractivity contribution in [3.63, 3.8) is 0 Å². The minimum absolute atomic E-state index is 0.177. The molecule has 0 amide bonds.